The molecule has 2 rings (SSSR count). The number of hydrogen-bond acceptors (Lipinski definition) is 2. The van der Waals surface area contributed by atoms with Crippen LogP contribution in [0.3, 0.4) is 0 Å². The second kappa shape index (κ2) is 6.19. The van der Waals surface area contributed by atoms with Gasteiger partial charge in [0.2, 0.25) is 0 Å². The van der Waals surface area contributed by atoms with Crippen molar-refractivity contribution in [3.8, 4) is 0 Å². The predicted octanol–water partition coefficient (Wildman–Crippen LogP) is 2.74. The van der Waals surface area contributed by atoms with Gasteiger partial charge in [-0.2, -0.15) is 0 Å². The summed E-state index contributed by atoms with van der Waals surface area (Å²) >= 11 is 0. The molecule has 1 aliphatic carbocycles. The first kappa shape index (κ1) is 13.4. The number of rotatable bonds is 4. The zero-order chi connectivity index (χ0) is 12.3. The topological polar surface area (TPSA) is 15.3 Å². The van der Waals surface area contributed by atoms with E-state index in [0.717, 1.165) is 30.3 Å². The Kier molecular flexibility index (Phi) is 4.87. The van der Waals surface area contributed by atoms with Crippen LogP contribution in [0.25, 0.3) is 0 Å². The highest BCUT2D eigenvalue weighted by molar-refractivity contribution is 4.89. The number of nitrogens with one attached hydrogen (secondary N) is 1. The minimum Gasteiger partial charge on any atom is -0.314 e. The van der Waals surface area contributed by atoms with E-state index >= 15 is 0 Å². The Balaban J connectivity index is 1.93. The fraction of sp³-hybridized carbons (Fsp3) is 1.00. The van der Waals surface area contributed by atoms with Crippen LogP contribution in [0.1, 0.15) is 46.5 Å². The molecule has 17 heavy (non-hydrogen) atoms. The lowest BCUT2D eigenvalue weighted by molar-refractivity contribution is 0.112. The van der Waals surface area contributed by atoms with Gasteiger partial charge in [0.05, 0.1) is 0 Å². The fourth-order valence-electron chi connectivity index (χ4n) is 3.98. The molecule has 2 nitrogen and oxygen atoms in total. The van der Waals surface area contributed by atoms with Crippen LogP contribution in [0.2, 0.25) is 0 Å². The second-order valence-electron chi connectivity index (χ2n) is 6.39. The normalized spacial score (nSPS) is 39.7. The maximum atomic E-state index is 3.74. The van der Waals surface area contributed by atoms with Crippen molar-refractivity contribution in [3.63, 3.8) is 0 Å². The van der Waals surface area contributed by atoms with Gasteiger partial charge in [-0.15, -0.1) is 0 Å². The van der Waals surface area contributed by atoms with Crippen molar-refractivity contribution in [1.82, 2.24) is 10.2 Å². The fourth-order valence-corrected chi connectivity index (χ4v) is 3.98. The maximum Gasteiger partial charge on any atom is 0.0112 e. The van der Waals surface area contributed by atoms with Gasteiger partial charge in [-0.1, -0.05) is 20.8 Å². The van der Waals surface area contributed by atoms with Gasteiger partial charge in [0.15, 0.2) is 0 Å². The summed E-state index contributed by atoms with van der Waals surface area (Å²) < 4.78 is 0. The third kappa shape index (κ3) is 3.45. The van der Waals surface area contributed by atoms with Gasteiger partial charge in [-0.25, -0.2) is 0 Å². The standard InChI is InChI=1S/C15H30N2/c1-4-16-15-10-12(2)9-13(3)14(15)11-17-7-5-6-8-17/h12-16H,4-11H2,1-3H3. The first-order valence-electron chi connectivity index (χ1n) is 7.66. The van der Waals surface area contributed by atoms with Gasteiger partial charge in [-0.3, -0.25) is 0 Å². The highest BCUT2D eigenvalue weighted by atomic mass is 15.1. The van der Waals surface area contributed by atoms with Gasteiger partial charge < -0.3 is 10.2 Å². The van der Waals surface area contributed by atoms with E-state index in [4.69, 9.17) is 0 Å². The van der Waals surface area contributed by atoms with Gasteiger partial charge in [-0.05, 0) is 63.1 Å². The van der Waals surface area contributed by atoms with Crippen molar-refractivity contribution in [3.05, 3.63) is 0 Å². The number of hydrogen-bond donors (Lipinski definition) is 1. The summed E-state index contributed by atoms with van der Waals surface area (Å²) in [6.45, 7) is 12.3. The molecule has 0 aromatic heterocycles. The molecule has 2 heteroatoms. The highest BCUT2D eigenvalue weighted by Crippen LogP contribution is 2.34. The Bertz CT molecular complexity index is 223. The van der Waals surface area contributed by atoms with Crippen LogP contribution in [-0.2, 0) is 0 Å². The largest absolute Gasteiger partial charge is 0.314 e. The van der Waals surface area contributed by atoms with E-state index in [0.29, 0.717) is 0 Å². The van der Waals surface area contributed by atoms with E-state index in [9.17, 15) is 0 Å². The molecule has 0 spiro atoms. The van der Waals surface area contributed by atoms with E-state index in [1.807, 2.05) is 0 Å². The Morgan fingerprint density at radius 2 is 1.82 bits per heavy atom. The molecule has 0 bridgehead atoms. The number of likely N-dealkylation sites (tertiary alicyclic amines) is 1. The number of nitrogens with zero attached hydrogens (tertiary/aromatic N) is 1. The smallest absolute Gasteiger partial charge is 0.0112 e. The molecular formula is C15H30N2. The van der Waals surface area contributed by atoms with Crippen LogP contribution in [-0.4, -0.2) is 37.1 Å². The molecule has 0 amide bonds. The van der Waals surface area contributed by atoms with Crippen molar-refractivity contribution in [2.45, 2.75) is 52.5 Å². The van der Waals surface area contributed by atoms with Crippen LogP contribution >= 0.6 is 0 Å². The Hall–Kier alpha value is -0.0800. The summed E-state index contributed by atoms with van der Waals surface area (Å²) in [5.41, 5.74) is 0. The molecule has 4 atom stereocenters. The monoisotopic (exact) mass is 238 g/mol. The van der Waals surface area contributed by atoms with Crippen LogP contribution in [0.5, 0.6) is 0 Å². The molecule has 1 aliphatic heterocycles. The van der Waals surface area contributed by atoms with E-state index in [-0.39, 0.29) is 0 Å². The average Bonchev–Trinajstić information content (AvgIpc) is 2.76. The van der Waals surface area contributed by atoms with Crippen LogP contribution in [0, 0.1) is 17.8 Å². The molecule has 1 saturated carbocycles. The van der Waals surface area contributed by atoms with E-state index in [1.54, 1.807) is 0 Å². The first-order valence-corrected chi connectivity index (χ1v) is 7.66. The maximum absolute atomic E-state index is 3.74. The van der Waals surface area contributed by atoms with Gasteiger partial charge >= 0.3 is 0 Å². The zero-order valence-corrected chi connectivity index (χ0v) is 11.9. The third-order valence-corrected chi connectivity index (χ3v) is 4.81. The van der Waals surface area contributed by atoms with Crippen molar-refractivity contribution < 1.29 is 0 Å². The lowest BCUT2D eigenvalue weighted by atomic mass is 9.72. The molecule has 100 valence electrons. The molecule has 1 saturated heterocycles. The van der Waals surface area contributed by atoms with Gasteiger partial charge in [0, 0.05) is 12.6 Å². The SMILES string of the molecule is CCNC1CC(C)CC(C)C1CN1CCCC1. The zero-order valence-electron chi connectivity index (χ0n) is 11.9. The molecule has 1 N–H and O–H groups in total. The molecule has 0 aromatic carbocycles. The van der Waals surface area contributed by atoms with Crippen molar-refractivity contribution in [2.24, 2.45) is 17.8 Å². The molecular weight excluding hydrogens is 208 g/mol. The van der Waals surface area contributed by atoms with Crippen LogP contribution in [0.15, 0.2) is 0 Å². The average molecular weight is 238 g/mol. The Labute approximate surface area is 107 Å². The Morgan fingerprint density at radius 1 is 1.12 bits per heavy atom. The molecule has 2 fully saturated rings. The molecule has 0 aromatic rings. The molecule has 1 heterocycles. The third-order valence-electron chi connectivity index (χ3n) is 4.81. The Morgan fingerprint density at radius 3 is 2.47 bits per heavy atom. The summed E-state index contributed by atoms with van der Waals surface area (Å²) in [7, 11) is 0. The summed E-state index contributed by atoms with van der Waals surface area (Å²) in [5.74, 6) is 2.68. The van der Waals surface area contributed by atoms with E-state index in [2.05, 4.69) is 31.0 Å². The molecule has 4 unspecified atom stereocenters. The second-order valence-corrected chi connectivity index (χ2v) is 6.39. The molecule has 0 radical (unpaired) electrons. The minimum absolute atomic E-state index is 0.763. The van der Waals surface area contributed by atoms with Gasteiger partial charge in [0.25, 0.3) is 0 Å². The minimum atomic E-state index is 0.763. The first-order chi connectivity index (χ1) is 8.20. The van der Waals surface area contributed by atoms with Crippen molar-refractivity contribution in [1.29, 1.82) is 0 Å². The van der Waals surface area contributed by atoms with E-state index < -0.39 is 0 Å². The van der Waals surface area contributed by atoms with Crippen molar-refractivity contribution >= 4 is 0 Å². The van der Waals surface area contributed by atoms with Crippen molar-refractivity contribution in [2.75, 3.05) is 26.2 Å². The lowest BCUT2D eigenvalue weighted by Crippen LogP contribution is -2.48. The summed E-state index contributed by atoms with van der Waals surface area (Å²) in [5, 5.41) is 3.74. The lowest BCUT2D eigenvalue weighted by Gasteiger charge is -2.41. The summed E-state index contributed by atoms with van der Waals surface area (Å²) in [6, 6.07) is 0.763. The van der Waals surface area contributed by atoms with Crippen LogP contribution < -0.4 is 5.32 Å². The quantitative estimate of drug-likeness (QED) is 0.810. The summed E-state index contributed by atoms with van der Waals surface area (Å²) in [4.78, 5) is 2.70. The van der Waals surface area contributed by atoms with E-state index in [1.165, 1.54) is 45.3 Å². The molecule has 2 aliphatic rings. The van der Waals surface area contributed by atoms with Crippen LogP contribution in [0.4, 0.5) is 0 Å². The summed E-state index contributed by atoms with van der Waals surface area (Å²) in [6.07, 6.45) is 5.66. The van der Waals surface area contributed by atoms with Gasteiger partial charge in [0.1, 0.15) is 0 Å². The highest BCUT2D eigenvalue weighted by Gasteiger charge is 2.34. The predicted molar refractivity (Wildman–Crippen MR) is 74.2 cm³/mol.